The van der Waals surface area contributed by atoms with E-state index >= 15 is 0 Å². The number of benzene rings is 2. The second-order valence-electron chi connectivity index (χ2n) is 5.03. The molecular weight excluding hydrogens is 298 g/mol. The van der Waals surface area contributed by atoms with Crippen LogP contribution in [0.2, 0.25) is 0 Å². The fraction of sp³-hybridized carbons (Fsp3) is 0.125. The van der Waals surface area contributed by atoms with Crippen LogP contribution in [-0.4, -0.2) is 9.97 Å². The van der Waals surface area contributed by atoms with E-state index in [1.807, 2.05) is 31.2 Å². The maximum Gasteiger partial charge on any atom is 0.188 e. The molecule has 3 rings (SSSR count). The number of aromatic nitrogens is 1. The Morgan fingerprint density at radius 1 is 1.14 bits per heavy atom. The quantitative estimate of drug-likeness (QED) is 0.708. The summed E-state index contributed by atoms with van der Waals surface area (Å²) in [5.74, 6) is 0. The molecule has 21 heavy (non-hydrogen) atoms. The van der Waals surface area contributed by atoms with Crippen molar-refractivity contribution in [3.05, 3.63) is 53.1 Å². The Balaban J connectivity index is 2.02. The van der Waals surface area contributed by atoms with Crippen LogP contribution in [0, 0.1) is 13.8 Å². The van der Waals surface area contributed by atoms with Crippen LogP contribution < -0.4 is 11.1 Å². The highest BCUT2D eigenvalue weighted by Gasteiger charge is 2.09. The van der Waals surface area contributed by atoms with E-state index in [1.54, 1.807) is 11.3 Å². The molecule has 1 heterocycles. The molecule has 0 aliphatic rings. The Morgan fingerprint density at radius 3 is 2.62 bits per heavy atom. The molecule has 0 radical (unpaired) electrons. The second kappa shape index (κ2) is 5.42. The molecule has 1 aromatic heterocycles. The van der Waals surface area contributed by atoms with Gasteiger partial charge in [0.15, 0.2) is 5.13 Å². The summed E-state index contributed by atoms with van der Waals surface area (Å²) < 4.78 is 1.17. The Hall–Kier alpha value is -1.98. The van der Waals surface area contributed by atoms with E-state index in [2.05, 4.69) is 29.4 Å². The molecule has 0 saturated carbocycles. The number of fused-ring (bicyclic) bond motifs is 1. The van der Waals surface area contributed by atoms with Gasteiger partial charge < -0.3 is 11.1 Å². The molecule has 5 heteroatoms. The van der Waals surface area contributed by atoms with Crippen molar-refractivity contribution in [2.75, 3.05) is 5.32 Å². The van der Waals surface area contributed by atoms with Crippen LogP contribution in [0.4, 0.5) is 10.8 Å². The topological polar surface area (TPSA) is 50.9 Å². The van der Waals surface area contributed by atoms with E-state index in [-0.39, 0.29) is 0 Å². The van der Waals surface area contributed by atoms with Gasteiger partial charge in [0.2, 0.25) is 0 Å². The van der Waals surface area contributed by atoms with E-state index in [1.165, 1.54) is 10.3 Å². The summed E-state index contributed by atoms with van der Waals surface area (Å²) in [5, 5.41) is 4.19. The molecule has 0 spiro atoms. The monoisotopic (exact) mass is 313 g/mol. The van der Waals surface area contributed by atoms with Gasteiger partial charge in [0.05, 0.1) is 15.9 Å². The third kappa shape index (κ3) is 2.89. The number of rotatable bonds is 3. The molecule has 3 aromatic rings. The van der Waals surface area contributed by atoms with E-state index in [0.717, 1.165) is 27.5 Å². The number of nitrogens with one attached hydrogen (secondary N) is 1. The van der Waals surface area contributed by atoms with Crippen molar-refractivity contribution in [3.8, 4) is 0 Å². The zero-order valence-electron chi connectivity index (χ0n) is 11.8. The van der Waals surface area contributed by atoms with Crippen LogP contribution >= 0.6 is 23.6 Å². The van der Waals surface area contributed by atoms with Gasteiger partial charge >= 0.3 is 0 Å². The molecular formula is C16H15N3S2. The second-order valence-corrected chi connectivity index (χ2v) is 6.50. The molecule has 0 amide bonds. The van der Waals surface area contributed by atoms with Gasteiger partial charge in [-0.05, 0) is 49.2 Å². The minimum absolute atomic E-state index is 0.384. The summed E-state index contributed by atoms with van der Waals surface area (Å²) in [5.41, 5.74) is 10.9. The highest BCUT2D eigenvalue weighted by atomic mass is 32.1. The predicted molar refractivity (Wildman–Crippen MR) is 94.7 cm³/mol. The number of aryl methyl sites for hydroxylation is 2. The molecule has 0 aliphatic carbocycles. The fourth-order valence-corrected chi connectivity index (χ4v) is 3.33. The van der Waals surface area contributed by atoms with Crippen LogP contribution in [0.3, 0.4) is 0 Å². The van der Waals surface area contributed by atoms with Crippen molar-refractivity contribution in [2.45, 2.75) is 13.8 Å². The summed E-state index contributed by atoms with van der Waals surface area (Å²) in [7, 11) is 0. The molecule has 0 saturated heterocycles. The third-order valence-corrected chi connectivity index (χ3v) is 4.38. The first-order valence-electron chi connectivity index (χ1n) is 6.57. The first-order chi connectivity index (χ1) is 10.0. The summed E-state index contributed by atoms with van der Waals surface area (Å²) in [6.45, 7) is 4.12. The lowest BCUT2D eigenvalue weighted by molar-refractivity contribution is 1.40. The van der Waals surface area contributed by atoms with Crippen molar-refractivity contribution in [1.29, 1.82) is 0 Å². The summed E-state index contributed by atoms with van der Waals surface area (Å²) in [6.07, 6.45) is 0. The number of hydrogen-bond acceptors (Lipinski definition) is 4. The van der Waals surface area contributed by atoms with E-state index in [4.69, 9.17) is 18.0 Å². The highest BCUT2D eigenvalue weighted by Crippen LogP contribution is 2.30. The van der Waals surface area contributed by atoms with E-state index in [0.29, 0.717) is 4.99 Å². The molecule has 0 unspecified atom stereocenters. The van der Waals surface area contributed by atoms with Crippen LogP contribution in [0.25, 0.3) is 10.2 Å². The molecule has 2 aromatic carbocycles. The Labute approximate surface area is 132 Å². The highest BCUT2D eigenvalue weighted by molar-refractivity contribution is 7.80. The maximum atomic E-state index is 5.79. The summed E-state index contributed by atoms with van der Waals surface area (Å²) in [6, 6.07) is 12.2. The number of thiocarbonyl (C=S) groups is 1. The van der Waals surface area contributed by atoms with Gasteiger partial charge in [-0.1, -0.05) is 35.7 Å². The fourth-order valence-electron chi connectivity index (χ4n) is 2.18. The summed E-state index contributed by atoms with van der Waals surface area (Å²) in [4.78, 5) is 4.99. The SMILES string of the molecule is Cc1ccc(C(N)=S)c(Nc2nc3ccc(C)cc3s2)c1. The van der Waals surface area contributed by atoms with Gasteiger partial charge in [0, 0.05) is 5.56 Å². The zero-order valence-corrected chi connectivity index (χ0v) is 13.4. The van der Waals surface area contributed by atoms with Crippen molar-refractivity contribution in [2.24, 2.45) is 5.73 Å². The molecule has 0 bridgehead atoms. The van der Waals surface area contributed by atoms with Crippen LogP contribution in [0.5, 0.6) is 0 Å². The lowest BCUT2D eigenvalue weighted by Crippen LogP contribution is -2.12. The van der Waals surface area contributed by atoms with Gasteiger partial charge in [-0.3, -0.25) is 0 Å². The molecule has 3 N–H and O–H groups in total. The Morgan fingerprint density at radius 2 is 1.86 bits per heavy atom. The van der Waals surface area contributed by atoms with Gasteiger partial charge in [0.1, 0.15) is 4.99 Å². The minimum atomic E-state index is 0.384. The van der Waals surface area contributed by atoms with Crippen molar-refractivity contribution >= 4 is 49.6 Å². The predicted octanol–water partition coefficient (Wildman–Crippen LogP) is 4.29. The van der Waals surface area contributed by atoms with Crippen molar-refractivity contribution in [3.63, 3.8) is 0 Å². The largest absolute Gasteiger partial charge is 0.389 e. The lowest BCUT2D eigenvalue weighted by atomic mass is 10.1. The standard InChI is InChI=1S/C16H15N3S2/c1-9-3-5-11(15(17)20)13(7-9)19-16-18-12-6-4-10(2)8-14(12)21-16/h3-8H,1-2H3,(H2,17,20)(H,18,19). The maximum absolute atomic E-state index is 5.79. The molecule has 0 aliphatic heterocycles. The van der Waals surface area contributed by atoms with Gasteiger partial charge in [0.25, 0.3) is 0 Å². The number of anilines is 2. The Bertz CT molecular complexity index is 837. The van der Waals surface area contributed by atoms with E-state index in [9.17, 15) is 0 Å². The summed E-state index contributed by atoms with van der Waals surface area (Å²) >= 11 is 6.74. The van der Waals surface area contributed by atoms with Crippen LogP contribution in [0.1, 0.15) is 16.7 Å². The molecule has 3 nitrogen and oxygen atoms in total. The van der Waals surface area contributed by atoms with Gasteiger partial charge in [-0.15, -0.1) is 0 Å². The smallest absolute Gasteiger partial charge is 0.188 e. The number of nitrogens with zero attached hydrogens (tertiary/aromatic N) is 1. The number of thiazole rings is 1. The minimum Gasteiger partial charge on any atom is -0.389 e. The first-order valence-corrected chi connectivity index (χ1v) is 7.80. The number of nitrogens with two attached hydrogens (primary N) is 1. The van der Waals surface area contributed by atoms with Gasteiger partial charge in [-0.2, -0.15) is 0 Å². The molecule has 0 fully saturated rings. The first kappa shape index (κ1) is 14.0. The Kier molecular flexibility index (Phi) is 3.61. The molecule has 0 atom stereocenters. The van der Waals surface area contributed by atoms with Crippen LogP contribution in [0.15, 0.2) is 36.4 Å². The van der Waals surface area contributed by atoms with Gasteiger partial charge in [-0.25, -0.2) is 4.98 Å². The lowest BCUT2D eigenvalue weighted by Gasteiger charge is -2.09. The third-order valence-electron chi connectivity index (χ3n) is 3.23. The van der Waals surface area contributed by atoms with Crippen molar-refractivity contribution in [1.82, 2.24) is 4.98 Å². The zero-order chi connectivity index (χ0) is 15.0. The average molecular weight is 313 g/mol. The van der Waals surface area contributed by atoms with Crippen molar-refractivity contribution < 1.29 is 0 Å². The van der Waals surface area contributed by atoms with E-state index < -0.39 is 0 Å². The molecule has 106 valence electrons. The van der Waals surface area contributed by atoms with Crippen LogP contribution in [-0.2, 0) is 0 Å². The number of hydrogen-bond donors (Lipinski definition) is 2. The average Bonchev–Trinajstić information content (AvgIpc) is 2.79. The normalized spacial score (nSPS) is 10.8.